The molecule has 1 saturated heterocycles. The van der Waals surface area contributed by atoms with Crippen molar-refractivity contribution in [3.8, 4) is 0 Å². The summed E-state index contributed by atoms with van der Waals surface area (Å²) in [5, 5.41) is 8.61. The van der Waals surface area contributed by atoms with Gasteiger partial charge < -0.3 is 15.7 Å². The number of carbonyl (C=O) groups excluding carboxylic acids is 1. The van der Waals surface area contributed by atoms with Crippen molar-refractivity contribution < 1.29 is 14.7 Å². The number of hydrogen-bond acceptors (Lipinski definition) is 3. The van der Waals surface area contributed by atoms with E-state index < -0.39 is 5.97 Å². The molecule has 16 heavy (non-hydrogen) atoms. The number of carbonyl (C=O) groups is 2. The summed E-state index contributed by atoms with van der Waals surface area (Å²) in [4.78, 5) is 23.3. The summed E-state index contributed by atoms with van der Waals surface area (Å²) < 4.78 is 0. The summed E-state index contributed by atoms with van der Waals surface area (Å²) in [6.45, 7) is 2.61. The van der Waals surface area contributed by atoms with Crippen molar-refractivity contribution in [1.29, 1.82) is 0 Å². The van der Waals surface area contributed by atoms with Crippen LogP contribution in [0.15, 0.2) is 0 Å². The zero-order valence-corrected chi connectivity index (χ0v) is 9.52. The molecular formula is C11H20N2O3. The lowest BCUT2D eigenvalue weighted by Gasteiger charge is -2.32. The first-order valence-electron chi connectivity index (χ1n) is 5.80. The predicted octanol–water partition coefficient (Wildman–Crippen LogP) is 0.439. The average Bonchev–Trinajstić information content (AvgIpc) is 2.24. The molecule has 1 amide bonds. The number of nitrogens with two attached hydrogens (primary N) is 1. The van der Waals surface area contributed by atoms with Crippen molar-refractivity contribution in [2.24, 2.45) is 11.7 Å². The first-order chi connectivity index (χ1) is 7.58. The SMILES string of the molecule is NC(=O)CCN1CCCC(CCC(=O)O)C1. The van der Waals surface area contributed by atoms with Gasteiger partial charge in [0.1, 0.15) is 0 Å². The van der Waals surface area contributed by atoms with Crippen molar-refractivity contribution in [2.75, 3.05) is 19.6 Å². The van der Waals surface area contributed by atoms with E-state index >= 15 is 0 Å². The van der Waals surface area contributed by atoms with Crippen LogP contribution in [-0.4, -0.2) is 41.5 Å². The highest BCUT2D eigenvalue weighted by atomic mass is 16.4. The third-order valence-corrected chi connectivity index (χ3v) is 3.04. The zero-order chi connectivity index (χ0) is 12.0. The Balaban J connectivity index is 2.24. The molecule has 0 radical (unpaired) electrons. The Bertz CT molecular complexity index is 232. The molecule has 0 spiro atoms. The maximum Gasteiger partial charge on any atom is 0.303 e. The third kappa shape index (κ3) is 5.11. The van der Waals surface area contributed by atoms with Gasteiger partial charge in [-0.1, -0.05) is 0 Å². The van der Waals surface area contributed by atoms with Crippen LogP contribution in [0.4, 0.5) is 0 Å². The molecule has 0 aliphatic carbocycles. The van der Waals surface area contributed by atoms with Crippen LogP contribution in [0.2, 0.25) is 0 Å². The van der Waals surface area contributed by atoms with Gasteiger partial charge in [0.25, 0.3) is 0 Å². The molecule has 1 rings (SSSR count). The molecule has 92 valence electrons. The van der Waals surface area contributed by atoms with Gasteiger partial charge in [0, 0.05) is 25.9 Å². The van der Waals surface area contributed by atoms with E-state index in [9.17, 15) is 9.59 Å². The summed E-state index contributed by atoms with van der Waals surface area (Å²) in [6.07, 6.45) is 3.56. The minimum Gasteiger partial charge on any atom is -0.481 e. The van der Waals surface area contributed by atoms with Crippen LogP contribution in [0, 0.1) is 5.92 Å². The Morgan fingerprint density at radius 2 is 2.12 bits per heavy atom. The summed E-state index contributed by atoms with van der Waals surface area (Å²) in [6, 6.07) is 0. The smallest absolute Gasteiger partial charge is 0.303 e. The molecule has 3 N–H and O–H groups in total. The standard InChI is InChI=1S/C11H20N2O3/c12-10(14)5-7-13-6-1-2-9(8-13)3-4-11(15)16/h9H,1-8H2,(H2,12,14)(H,15,16). The van der Waals surface area contributed by atoms with Crippen LogP contribution in [0.5, 0.6) is 0 Å². The van der Waals surface area contributed by atoms with E-state index in [1.54, 1.807) is 0 Å². The first kappa shape index (κ1) is 13.0. The van der Waals surface area contributed by atoms with Crippen molar-refractivity contribution >= 4 is 11.9 Å². The first-order valence-corrected chi connectivity index (χ1v) is 5.80. The Kier molecular flexibility index (Phi) is 5.25. The van der Waals surface area contributed by atoms with E-state index in [1.807, 2.05) is 0 Å². The molecular weight excluding hydrogens is 208 g/mol. The number of primary amides is 1. The molecule has 0 bridgehead atoms. The molecule has 0 aromatic carbocycles. The fourth-order valence-electron chi connectivity index (χ4n) is 2.19. The van der Waals surface area contributed by atoms with Gasteiger partial charge in [-0.25, -0.2) is 0 Å². The minimum atomic E-state index is -0.728. The topological polar surface area (TPSA) is 83.6 Å². The number of likely N-dealkylation sites (tertiary alicyclic amines) is 1. The molecule has 5 nitrogen and oxygen atoms in total. The normalized spacial score (nSPS) is 21.9. The highest BCUT2D eigenvalue weighted by Crippen LogP contribution is 2.20. The number of hydrogen-bond donors (Lipinski definition) is 2. The maximum absolute atomic E-state index is 10.7. The third-order valence-electron chi connectivity index (χ3n) is 3.04. The van der Waals surface area contributed by atoms with Gasteiger partial charge in [0.05, 0.1) is 0 Å². The van der Waals surface area contributed by atoms with Crippen molar-refractivity contribution in [3.05, 3.63) is 0 Å². The Morgan fingerprint density at radius 1 is 1.38 bits per heavy atom. The molecule has 1 fully saturated rings. The second-order valence-electron chi connectivity index (χ2n) is 4.46. The Labute approximate surface area is 95.6 Å². The van der Waals surface area contributed by atoms with Crippen molar-refractivity contribution in [2.45, 2.75) is 32.1 Å². The van der Waals surface area contributed by atoms with Crippen molar-refractivity contribution in [3.63, 3.8) is 0 Å². The van der Waals surface area contributed by atoms with E-state index in [0.29, 0.717) is 18.9 Å². The number of aliphatic carboxylic acids is 1. The van der Waals surface area contributed by atoms with Gasteiger partial charge in [-0.2, -0.15) is 0 Å². The number of carboxylic acid groups (broad SMARTS) is 1. The fraction of sp³-hybridized carbons (Fsp3) is 0.818. The minimum absolute atomic E-state index is 0.244. The number of amides is 1. The number of nitrogens with zero attached hydrogens (tertiary/aromatic N) is 1. The quantitative estimate of drug-likeness (QED) is 0.691. The second kappa shape index (κ2) is 6.48. The van der Waals surface area contributed by atoms with Crippen LogP contribution in [0.25, 0.3) is 0 Å². The van der Waals surface area contributed by atoms with E-state index in [-0.39, 0.29) is 12.3 Å². The van der Waals surface area contributed by atoms with Gasteiger partial charge in [0.2, 0.25) is 5.91 Å². The Hall–Kier alpha value is -1.10. The van der Waals surface area contributed by atoms with E-state index in [1.165, 1.54) is 0 Å². The molecule has 1 atom stereocenters. The molecule has 5 heteroatoms. The molecule has 1 heterocycles. The van der Waals surface area contributed by atoms with Crippen LogP contribution < -0.4 is 5.73 Å². The van der Waals surface area contributed by atoms with Crippen molar-refractivity contribution in [1.82, 2.24) is 4.90 Å². The summed E-state index contributed by atoms with van der Waals surface area (Å²) in [5.41, 5.74) is 5.10. The van der Waals surface area contributed by atoms with Gasteiger partial charge in [0.15, 0.2) is 0 Å². The lowest BCUT2D eigenvalue weighted by molar-refractivity contribution is -0.137. The summed E-state index contributed by atoms with van der Waals surface area (Å²) in [5.74, 6) is -0.542. The highest BCUT2D eigenvalue weighted by molar-refractivity contribution is 5.73. The largest absolute Gasteiger partial charge is 0.481 e. The lowest BCUT2D eigenvalue weighted by atomic mass is 9.93. The Morgan fingerprint density at radius 3 is 2.75 bits per heavy atom. The van der Waals surface area contributed by atoms with Crippen LogP contribution in [-0.2, 0) is 9.59 Å². The van der Waals surface area contributed by atoms with Gasteiger partial charge >= 0.3 is 5.97 Å². The molecule has 0 saturated carbocycles. The maximum atomic E-state index is 10.7. The summed E-state index contributed by atoms with van der Waals surface area (Å²) >= 11 is 0. The van der Waals surface area contributed by atoms with Crippen LogP contribution in [0.1, 0.15) is 32.1 Å². The highest BCUT2D eigenvalue weighted by Gasteiger charge is 2.20. The molecule has 1 unspecified atom stereocenters. The zero-order valence-electron chi connectivity index (χ0n) is 9.52. The second-order valence-corrected chi connectivity index (χ2v) is 4.46. The fourth-order valence-corrected chi connectivity index (χ4v) is 2.19. The van der Waals surface area contributed by atoms with E-state index in [2.05, 4.69) is 4.90 Å². The molecule has 1 aliphatic rings. The molecule has 0 aromatic rings. The van der Waals surface area contributed by atoms with E-state index in [4.69, 9.17) is 10.8 Å². The van der Waals surface area contributed by atoms with Crippen LogP contribution in [0.3, 0.4) is 0 Å². The number of piperidine rings is 1. The van der Waals surface area contributed by atoms with Crippen LogP contribution >= 0.6 is 0 Å². The molecule has 0 aromatic heterocycles. The monoisotopic (exact) mass is 228 g/mol. The number of rotatable bonds is 6. The van der Waals surface area contributed by atoms with E-state index in [0.717, 1.165) is 32.4 Å². The predicted molar refractivity (Wildman–Crippen MR) is 59.8 cm³/mol. The molecule has 1 aliphatic heterocycles. The summed E-state index contributed by atoms with van der Waals surface area (Å²) in [7, 11) is 0. The van der Waals surface area contributed by atoms with Gasteiger partial charge in [-0.3, -0.25) is 9.59 Å². The number of carboxylic acids is 1. The van der Waals surface area contributed by atoms with Gasteiger partial charge in [-0.15, -0.1) is 0 Å². The van der Waals surface area contributed by atoms with Gasteiger partial charge in [-0.05, 0) is 31.7 Å². The lowest BCUT2D eigenvalue weighted by Crippen LogP contribution is -2.37. The average molecular weight is 228 g/mol.